The summed E-state index contributed by atoms with van der Waals surface area (Å²) in [5.41, 5.74) is 0.577. The number of carbonyl (C=O) groups is 1. The highest BCUT2D eigenvalue weighted by Crippen LogP contribution is 2.43. The third-order valence-corrected chi connectivity index (χ3v) is 4.90. The molecule has 0 spiro atoms. The molecule has 3 rings (SSSR count). The van der Waals surface area contributed by atoms with Crippen molar-refractivity contribution in [3.8, 4) is 11.5 Å². The van der Waals surface area contributed by atoms with Gasteiger partial charge < -0.3 is 14.2 Å². The number of hydrogen-bond acceptors (Lipinski definition) is 5. The van der Waals surface area contributed by atoms with Gasteiger partial charge >= 0.3 is 12.1 Å². The minimum atomic E-state index is -4.35. The lowest BCUT2D eigenvalue weighted by molar-refractivity contribution is -0.153. The topological polar surface area (TPSA) is 57.7 Å². The molecule has 1 aromatic heterocycles. The maximum Gasteiger partial charge on any atom is 0.416 e. The molecule has 1 aliphatic rings. The number of esters is 1. The van der Waals surface area contributed by atoms with Crippen LogP contribution >= 0.6 is 0 Å². The van der Waals surface area contributed by atoms with Crippen LogP contribution in [0, 0.1) is 5.92 Å². The Balaban J connectivity index is 1.53. The molecule has 5 nitrogen and oxygen atoms in total. The SMILES string of the molecule is COc1ccnc(COC(=O)C2CC(c3ccc(C(F)(F)F)cc3)C2)c1OC. The summed E-state index contributed by atoms with van der Waals surface area (Å²) in [5, 5.41) is 0. The summed E-state index contributed by atoms with van der Waals surface area (Å²) in [6.07, 6.45) is -1.71. The van der Waals surface area contributed by atoms with Crippen molar-refractivity contribution in [1.29, 1.82) is 0 Å². The molecule has 0 radical (unpaired) electrons. The number of methoxy groups -OCH3 is 2. The first kappa shape index (κ1) is 20.0. The highest BCUT2D eigenvalue weighted by molar-refractivity contribution is 5.74. The third kappa shape index (κ3) is 4.21. The van der Waals surface area contributed by atoms with Gasteiger partial charge in [-0.25, -0.2) is 0 Å². The van der Waals surface area contributed by atoms with Gasteiger partial charge in [-0.05, 0) is 36.5 Å². The van der Waals surface area contributed by atoms with Crippen LogP contribution < -0.4 is 9.47 Å². The van der Waals surface area contributed by atoms with Crippen molar-refractivity contribution >= 4 is 5.97 Å². The highest BCUT2D eigenvalue weighted by Gasteiger charge is 2.37. The molecule has 150 valence electrons. The number of halogens is 3. The Morgan fingerprint density at radius 1 is 1.11 bits per heavy atom. The van der Waals surface area contributed by atoms with Gasteiger partial charge in [0.1, 0.15) is 12.3 Å². The number of rotatable bonds is 6. The van der Waals surface area contributed by atoms with Crippen LogP contribution in [0.5, 0.6) is 11.5 Å². The van der Waals surface area contributed by atoms with E-state index in [0.717, 1.165) is 17.7 Å². The zero-order valence-corrected chi connectivity index (χ0v) is 15.5. The summed E-state index contributed by atoms with van der Waals surface area (Å²) in [6.45, 7) is -0.0410. The number of nitrogens with zero attached hydrogens (tertiary/aromatic N) is 1. The van der Waals surface area contributed by atoms with Crippen molar-refractivity contribution in [1.82, 2.24) is 4.98 Å². The molecule has 1 heterocycles. The lowest BCUT2D eigenvalue weighted by atomic mass is 9.71. The summed E-state index contributed by atoms with van der Waals surface area (Å²) >= 11 is 0. The van der Waals surface area contributed by atoms with E-state index >= 15 is 0 Å². The Morgan fingerprint density at radius 3 is 2.36 bits per heavy atom. The van der Waals surface area contributed by atoms with Crippen LogP contribution in [0.4, 0.5) is 13.2 Å². The quantitative estimate of drug-likeness (QED) is 0.681. The van der Waals surface area contributed by atoms with E-state index in [1.165, 1.54) is 32.5 Å². The number of ether oxygens (including phenoxy) is 3. The normalized spacial score (nSPS) is 18.9. The van der Waals surface area contributed by atoms with Crippen molar-refractivity contribution in [2.45, 2.75) is 31.5 Å². The molecular weight excluding hydrogens is 375 g/mol. The largest absolute Gasteiger partial charge is 0.493 e. The molecule has 28 heavy (non-hydrogen) atoms. The van der Waals surface area contributed by atoms with Crippen LogP contribution in [-0.2, 0) is 22.3 Å². The van der Waals surface area contributed by atoms with E-state index in [0.29, 0.717) is 30.0 Å². The van der Waals surface area contributed by atoms with E-state index in [1.807, 2.05) is 0 Å². The Hall–Kier alpha value is -2.77. The molecule has 0 atom stereocenters. The fourth-order valence-corrected chi connectivity index (χ4v) is 3.24. The van der Waals surface area contributed by atoms with Crippen LogP contribution in [0.1, 0.15) is 35.6 Å². The molecule has 0 unspecified atom stereocenters. The molecule has 0 bridgehead atoms. The number of carbonyl (C=O) groups excluding carboxylic acids is 1. The maximum atomic E-state index is 12.6. The van der Waals surface area contributed by atoms with Crippen LogP contribution in [0.25, 0.3) is 0 Å². The Kier molecular flexibility index (Phi) is 5.76. The fourth-order valence-electron chi connectivity index (χ4n) is 3.24. The van der Waals surface area contributed by atoms with E-state index in [1.54, 1.807) is 6.07 Å². The molecule has 1 fully saturated rings. The van der Waals surface area contributed by atoms with Gasteiger partial charge in [-0.1, -0.05) is 12.1 Å². The van der Waals surface area contributed by atoms with Gasteiger partial charge in [0.2, 0.25) is 0 Å². The van der Waals surface area contributed by atoms with Crippen molar-refractivity contribution in [2.75, 3.05) is 14.2 Å². The summed E-state index contributed by atoms with van der Waals surface area (Å²) in [5.74, 6) is 0.339. The van der Waals surface area contributed by atoms with Crippen molar-refractivity contribution in [3.05, 3.63) is 53.3 Å². The zero-order chi connectivity index (χ0) is 20.3. The maximum absolute atomic E-state index is 12.6. The molecule has 1 saturated carbocycles. The Morgan fingerprint density at radius 2 is 1.79 bits per heavy atom. The summed E-state index contributed by atoms with van der Waals surface area (Å²) in [4.78, 5) is 16.4. The number of hydrogen-bond donors (Lipinski definition) is 0. The molecule has 0 saturated heterocycles. The first-order chi connectivity index (χ1) is 13.3. The van der Waals surface area contributed by atoms with Crippen LogP contribution in [0.2, 0.25) is 0 Å². The number of alkyl halides is 3. The minimum absolute atomic E-state index is 0.0410. The first-order valence-electron chi connectivity index (χ1n) is 8.73. The zero-order valence-electron chi connectivity index (χ0n) is 15.5. The standard InChI is InChI=1S/C20H20F3NO4/c1-26-17-7-8-24-16(18(17)27-2)11-28-19(25)14-9-13(10-14)12-3-5-15(6-4-12)20(21,22)23/h3-8,13-14H,9-11H2,1-2H3. The lowest BCUT2D eigenvalue weighted by Gasteiger charge is -2.34. The average Bonchev–Trinajstić information content (AvgIpc) is 2.64. The minimum Gasteiger partial charge on any atom is -0.493 e. The molecule has 0 aliphatic heterocycles. The molecule has 1 aliphatic carbocycles. The third-order valence-electron chi connectivity index (χ3n) is 4.90. The number of benzene rings is 1. The predicted octanol–water partition coefficient (Wildman–Crippen LogP) is 4.35. The molecule has 1 aromatic carbocycles. The van der Waals surface area contributed by atoms with Crippen LogP contribution in [0.3, 0.4) is 0 Å². The smallest absolute Gasteiger partial charge is 0.416 e. The lowest BCUT2D eigenvalue weighted by Crippen LogP contribution is -2.30. The van der Waals surface area contributed by atoms with Crippen molar-refractivity contribution in [2.24, 2.45) is 5.92 Å². The van der Waals surface area contributed by atoms with Gasteiger partial charge in [-0.15, -0.1) is 0 Å². The first-order valence-corrected chi connectivity index (χ1v) is 8.73. The van der Waals surface area contributed by atoms with Gasteiger partial charge in [0.15, 0.2) is 11.5 Å². The van der Waals surface area contributed by atoms with E-state index in [2.05, 4.69) is 4.98 Å². The molecule has 0 amide bonds. The molecule has 2 aromatic rings. The van der Waals surface area contributed by atoms with Gasteiger partial charge in [-0.2, -0.15) is 13.2 Å². The Bertz CT molecular complexity index is 830. The predicted molar refractivity (Wildman–Crippen MR) is 94.0 cm³/mol. The van der Waals surface area contributed by atoms with Crippen LogP contribution in [0.15, 0.2) is 36.5 Å². The van der Waals surface area contributed by atoms with E-state index in [9.17, 15) is 18.0 Å². The van der Waals surface area contributed by atoms with E-state index in [4.69, 9.17) is 14.2 Å². The second kappa shape index (κ2) is 8.08. The van der Waals surface area contributed by atoms with Crippen molar-refractivity contribution in [3.63, 3.8) is 0 Å². The summed E-state index contributed by atoms with van der Waals surface area (Å²) in [6, 6.07) is 6.73. The molecule has 8 heteroatoms. The van der Waals surface area contributed by atoms with Gasteiger partial charge in [0.05, 0.1) is 25.7 Å². The van der Waals surface area contributed by atoms with Gasteiger partial charge in [-0.3, -0.25) is 9.78 Å². The number of aromatic nitrogens is 1. The Labute approximate surface area is 160 Å². The van der Waals surface area contributed by atoms with Gasteiger partial charge in [0, 0.05) is 12.3 Å². The summed E-state index contributed by atoms with van der Waals surface area (Å²) < 4.78 is 53.6. The highest BCUT2D eigenvalue weighted by atomic mass is 19.4. The second-order valence-electron chi connectivity index (χ2n) is 6.59. The van der Waals surface area contributed by atoms with Crippen molar-refractivity contribution < 1.29 is 32.2 Å². The van der Waals surface area contributed by atoms with E-state index in [-0.39, 0.29) is 24.4 Å². The fraction of sp³-hybridized carbons (Fsp3) is 0.400. The van der Waals surface area contributed by atoms with E-state index < -0.39 is 11.7 Å². The average molecular weight is 395 g/mol. The van der Waals surface area contributed by atoms with Crippen LogP contribution in [-0.4, -0.2) is 25.2 Å². The molecule has 0 N–H and O–H groups in total. The second-order valence-corrected chi connectivity index (χ2v) is 6.59. The van der Waals surface area contributed by atoms with Gasteiger partial charge in [0.25, 0.3) is 0 Å². The number of pyridine rings is 1. The molecular formula is C20H20F3NO4. The monoisotopic (exact) mass is 395 g/mol. The summed E-state index contributed by atoms with van der Waals surface area (Å²) in [7, 11) is 2.98.